The predicted molar refractivity (Wildman–Crippen MR) is 81.5 cm³/mol. The maximum Gasteiger partial charge on any atom is 0.416 e. The van der Waals surface area contributed by atoms with Crippen molar-refractivity contribution in [1.29, 1.82) is 0 Å². The first-order chi connectivity index (χ1) is 11.3. The summed E-state index contributed by atoms with van der Waals surface area (Å²) in [5.41, 5.74) is 5.79. The highest BCUT2D eigenvalue weighted by Crippen LogP contribution is 2.36. The van der Waals surface area contributed by atoms with Crippen LogP contribution in [0.25, 0.3) is 11.3 Å². The molecule has 2 heterocycles. The van der Waals surface area contributed by atoms with Gasteiger partial charge in [-0.25, -0.2) is 4.98 Å². The number of anilines is 1. The number of nitrogens with two attached hydrogens (primary N) is 1. The fourth-order valence-electron chi connectivity index (χ4n) is 2.65. The van der Waals surface area contributed by atoms with Crippen molar-refractivity contribution in [2.45, 2.75) is 25.6 Å². The van der Waals surface area contributed by atoms with Gasteiger partial charge < -0.3 is 15.7 Å². The second-order valence-corrected chi connectivity index (χ2v) is 5.77. The lowest BCUT2D eigenvalue weighted by Gasteiger charge is -2.16. The van der Waals surface area contributed by atoms with Gasteiger partial charge in [0.1, 0.15) is 11.4 Å². The SMILES string of the molecule is Cc1nc(N2CC[C@H](N)C2)nnc1-c1ccc(C(F)(F)F)cc1O. The molecule has 0 unspecified atom stereocenters. The molecule has 0 spiro atoms. The van der Waals surface area contributed by atoms with Gasteiger partial charge in [-0.1, -0.05) is 0 Å². The average molecular weight is 339 g/mol. The van der Waals surface area contributed by atoms with Crippen molar-refractivity contribution in [3.8, 4) is 17.0 Å². The summed E-state index contributed by atoms with van der Waals surface area (Å²) in [5, 5.41) is 18.0. The molecule has 6 nitrogen and oxygen atoms in total. The molecule has 1 atom stereocenters. The van der Waals surface area contributed by atoms with Gasteiger partial charge >= 0.3 is 6.18 Å². The van der Waals surface area contributed by atoms with Crippen LogP contribution in [0.1, 0.15) is 17.7 Å². The van der Waals surface area contributed by atoms with Crippen LogP contribution in [0.2, 0.25) is 0 Å². The summed E-state index contributed by atoms with van der Waals surface area (Å²) in [6.45, 7) is 3.03. The zero-order valence-electron chi connectivity index (χ0n) is 12.9. The number of phenolic OH excluding ortho intramolecular Hbond substituents is 1. The van der Waals surface area contributed by atoms with E-state index in [0.717, 1.165) is 19.0 Å². The molecule has 1 aliphatic rings. The molecule has 1 aromatic heterocycles. The summed E-state index contributed by atoms with van der Waals surface area (Å²) >= 11 is 0. The van der Waals surface area contributed by atoms with Crippen molar-refractivity contribution in [3.63, 3.8) is 0 Å². The summed E-state index contributed by atoms with van der Waals surface area (Å²) in [4.78, 5) is 6.25. The van der Waals surface area contributed by atoms with E-state index in [1.165, 1.54) is 6.07 Å². The number of phenols is 1. The second-order valence-electron chi connectivity index (χ2n) is 5.77. The maximum absolute atomic E-state index is 12.7. The molecule has 0 saturated carbocycles. The first kappa shape index (κ1) is 16.4. The van der Waals surface area contributed by atoms with Crippen LogP contribution in [0.3, 0.4) is 0 Å². The summed E-state index contributed by atoms with van der Waals surface area (Å²) in [7, 11) is 0. The maximum atomic E-state index is 12.7. The van der Waals surface area contributed by atoms with Crippen LogP contribution in [0, 0.1) is 6.92 Å². The Labute approximate surface area is 136 Å². The minimum atomic E-state index is -4.52. The fraction of sp³-hybridized carbons (Fsp3) is 0.400. The lowest BCUT2D eigenvalue weighted by molar-refractivity contribution is -0.137. The Hall–Kier alpha value is -2.42. The zero-order chi connectivity index (χ0) is 17.5. The molecule has 128 valence electrons. The number of halogens is 3. The Morgan fingerprint density at radius 2 is 2.04 bits per heavy atom. The third kappa shape index (κ3) is 3.12. The minimum absolute atomic E-state index is 0.0625. The summed E-state index contributed by atoms with van der Waals surface area (Å²) in [6, 6.07) is 2.79. The number of alkyl halides is 3. The van der Waals surface area contributed by atoms with Crippen molar-refractivity contribution >= 4 is 5.95 Å². The number of nitrogens with zero attached hydrogens (tertiary/aromatic N) is 4. The monoisotopic (exact) mass is 339 g/mol. The second kappa shape index (κ2) is 5.90. The van der Waals surface area contributed by atoms with Gasteiger partial charge in [0.25, 0.3) is 0 Å². The molecule has 1 aliphatic heterocycles. The molecule has 0 radical (unpaired) electrons. The van der Waals surface area contributed by atoms with Crippen LogP contribution < -0.4 is 10.6 Å². The molecular formula is C15H16F3N5O. The number of aromatic hydroxyl groups is 1. The first-order valence-electron chi connectivity index (χ1n) is 7.38. The Morgan fingerprint density at radius 3 is 2.58 bits per heavy atom. The number of aromatic nitrogens is 3. The lowest BCUT2D eigenvalue weighted by Crippen LogP contribution is -2.28. The molecule has 3 rings (SSSR count). The fourth-order valence-corrected chi connectivity index (χ4v) is 2.65. The zero-order valence-corrected chi connectivity index (χ0v) is 12.9. The molecule has 1 aromatic carbocycles. The van der Waals surface area contributed by atoms with Crippen LogP contribution in [0.5, 0.6) is 5.75 Å². The third-order valence-electron chi connectivity index (χ3n) is 3.94. The van der Waals surface area contributed by atoms with Gasteiger partial charge in [-0.3, -0.25) is 0 Å². The molecule has 1 saturated heterocycles. The van der Waals surface area contributed by atoms with E-state index in [-0.39, 0.29) is 17.3 Å². The van der Waals surface area contributed by atoms with Crippen molar-refractivity contribution in [1.82, 2.24) is 15.2 Å². The molecule has 0 amide bonds. The molecule has 0 bridgehead atoms. The standard InChI is InChI=1S/C15H16F3N5O/c1-8-13(11-3-2-9(6-12(11)24)15(16,17)18)21-22-14(20-8)23-5-4-10(19)7-23/h2-3,6,10,24H,4-5,7,19H2,1H3/t10-/m0/s1. The summed E-state index contributed by atoms with van der Waals surface area (Å²) in [5.74, 6) is -0.0874. The molecule has 24 heavy (non-hydrogen) atoms. The topological polar surface area (TPSA) is 88.2 Å². The quantitative estimate of drug-likeness (QED) is 0.871. The van der Waals surface area contributed by atoms with E-state index in [1.54, 1.807) is 6.92 Å². The Bertz CT molecular complexity index is 765. The highest BCUT2D eigenvalue weighted by molar-refractivity contribution is 5.69. The Balaban J connectivity index is 1.93. The molecule has 3 N–H and O–H groups in total. The van der Waals surface area contributed by atoms with E-state index in [2.05, 4.69) is 15.2 Å². The van der Waals surface area contributed by atoms with Gasteiger partial charge in [0.15, 0.2) is 0 Å². The van der Waals surface area contributed by atoms with Crippen LogP contribution in [-0.2, 0) is 6.18 Å². The normalized spacial score (nSPS) is 18.2. The molecule has 0 aliphatic carbocycles. The van der Waals surface area contributed by atoms with Gasteiger partial charge in [-0.05, 0) is 31.5 Å². The van der Waals surface area contributed by atoms with Crippen LogP contribution in [-0.4, -0.2) is 39.4 Å². The summed E-state index contributed by atoms with van der Waals surface area (Å²) in [6.07, 6.45) is -3.68. The van der Waals surface area contributed by atoms with Crippen molar-refractivity contribution < 1.29 is 18.3 Å². The number of hydrogen-bond donors (Lipinski definition) is 2. The lowest BCUT2D eigenvalue weighted by atomic mass is 10.1. The van der Waals surface area contributed by atoms with Gasteiger partial charge in [-0.15, -0.1) is 10.2 Å². The van der Waals surface area contributed by atoms with Crippen molar-refractivity contribution in [3.05, 3.63) is 29.5 Å². The minimum Gasteiger partial charge on any atom is -0.507 e. The summed E-state index contributed by atoms with van der Waals surface area (Å²) < 4.78 is 38.0. The number of rotatable bonds is 2. The van der Waals surface area contributed by atoms with Crippen LogP contribution in [0.4, 0.5) is 19.1 Å². The smallest absolute Gasteiger partial charge is 0.416 e. The Morgan fingerprint density at radius 1 is 1.29 bits per heavy atom. The Kier molecular flexibility index (Phi) is 4.04. The van der Waals surface area contributed by atoms with Gasteiger partial charge in [0.2, 0.25) is 5.95 Å². The van der Waals surface area contributed by atoms with E-state index in [1.807, 2.05) is 4.90 Å². The largest absolute Gasteiger partial charge is 0.507 e. The first-order valence-corrected chi connectivity index (χ1v) is 7.38. The van der Waals surface area contributed by atoms with Crippen LogP contribution >= 0.6 is 0 Å². The van der Waals surface area contributed by atoms with E-state index in [4.69, 9.17) is 5.73 Å². The van der Waals surface area contributed by atoms with E-state index >= 15 is 0 Å². The average Bonchev–Trinajstić information content (AvgIpc) is 2.93. The number of aryl methyl sites for hydroxylation is 1. The highest BCUT2D eigenvalue weighted by atomic mass is 19.4. The number of benzene rings is 1. The van der Waals surface area contributed by atoms with Gasteiger partial charge in [-0.2, -0.15) is 13.2 Å². The molecule has 1 fully saturated rings. The van der Waals surface area contributed by atoms with Gasteiger partial charge in [0, 0.05) is 24.7 Å². The molecular weight excluding hydrogens is 323 g/mol. The van der Waals surface area contributed by atoms with Crippen molar-refractivity contribution in [2.24, 2.45) is 5.73 Å². The van der Waals surface area contributed by atoms with Gasteiger partial charge in [0.05, 0.1) is 11.3 Å². The third-order valence-corrected chi connectivity index (χ3v) is 3.94. The van der Waals surface area contributed by atoms with Crippen molar-refractivity contribution in [2.75, 3.05) is 18.0 Å². The van der Waals surface area contributed by atoms with E-state index in [0.29, 0.717) is 24.3 Å². The molecule has 9 heteroatoms. The predicted octanol–water partition coefficient (Wildman–Crippen LogP) is 2.11. The molecule has 2 aromatic rings. The van der Waals surface area contributed by atoms with E-state index < -0.39 is 17.5 Å². The highest BCUT2D eigenvalue weighted by Gasteiger charge is 2.31. The van der Waals surface area contributed by atoms with Crippen LogP contribution in [0.15, 0.2) is 18.2 Å². The van der Waals surface area contributed by atoms with E-state index in [9.17, 15) is 18.3 Å². The number of hydrogen-bond acceptors (Lipinski definition) is 6.